The maximum atomic E-state index is 11.9. The lowest BCUT2D eigenvalue weighted by Crippen LogP contribution is -2.48. The molecule has 7 heteroatoms. The van der Waals surface area contributed by atoms with E-state index in [1.165, 1.54) is 12.3 Å². The molecule has 19 heavy (non-hydrogen) atoms. The highest BCUT2D eigenvalue weighted by Crippen LogP contribution is 2.19. The van der Waals surface area contributed by atoms with Crippen molar-refractivity contribution in [1.82, 2.24) is 5.32 Å². The zero-order chi connectivity index (χ0) is 13.8. The topological polar surface area (TPSA) is 88.8 Å². The summed E-state index contributed by atoms with van der Waals surface area (Å²) >= 11 is 3.09. The van der Waals surface area contributed by atoms with E-state index in [-0.39, 0.29) is 11.5 Å². The third-order valence-electron chi connectivity index (χ3n) is 3.05. The molecule has 2 unspecified atom stereocenters. The highest BCUT2D eigenvalue weighted by atomic mass is 79.9. The van der Waals surface area contributed by atoms with Crippen molar-refractivity contribution in [2.45, 2.75) is 18.9 Å². The Balaban J connectivity index is 2.04. The molecule has 104 valence electrons. The lowest BCUT2D eigenvalue weighted by atomic mass is 9.93. The van der Waals surface area contributed by atoms with Gasteiger partial charge in [0.2, 0.25) is 0 Å². The molecule has 1 fully saturated rings. The zero-order valence-electron chi connectivity index (χ0n) is 10.1. The van der Waals surface area contributed by atoms with Crippen LogP contribution in [0, 0.1) is 5.92 Å². The molecule has 1 aromatic rings. The number of halogens is 1. The number of amides is 1. The number of rotatable bonds is 4. The van der Waals surface area contributed by atoms with Gasteiger partial charge in [0.25, 0.3) is 5.91 Å². The van der Waals surface area contributed by atoms with Gasteiger partial charge < -0.3 is 19.6 Å². The average molecular weight is 332 g/mol. The van der Waals surface area contributed by atoms with Crippen LogP contribution in [0.15, 0.2) is 21.4 Å². The van der Waals surface area contributed by atoms with E-state index in [0.717, 1.165) is 12.8 Å². The standard InChI is InChI=1S/C12H14BrNO5/c13-9-4-8(6-19-9)11(15)14-10(12(16)17)7-2-1-3-18-5-7/h4,6-7,10H,1-3,5H2,(H,14,15)(H,16,17). The molecular formula is C12H14BrNO5. The van der Waals surface area contributed by atoms with Crippen LogP contribution in [-0.4, -0.2) is 36.2 Å². The van der Waals surface area contributed by atoms with Crippen LogP contribution in [-0.2, 0) is 9.53 Å². The maximum absolute atomic E-state index is 11.9. The molecule has 1 amide bonds. The van der Waals surface area contributed by atoms with Crippen LogP contribution >= 0.6 is 15.9 Å². The van der Waals surface area contributed by atoms with Crippen molar-refractivity contribution in [2.75, 3.05) is 13.2 Å². The monoisotopic (exact) mass is 331 g/mol. The molecule has 2 atom stereocenters. The van der Waals surface area contributed by atoms with Gasteiger partial charge in [0.05, 0.1) is 12.2 Å². The molecule has 2 rings (SSSR count). The fraction of sp³-hybridized carbons (Fsp3) is 0.500. The van der Waals surface area contributed by atoms with Crippen LogP contribution in [0.1, 0.15) is 23.2 Å². The number of carbonyl (C=O) groups is 2. The minimum atomic E-state index is -1.05. The van der Waals surface area contributed by atoms with E-state index in [4.69, 9.17) is 9.15 Å². The quantitative estimate of drug-likeness (QED) is 0.875. The van der Waals surface area contributed by atoms with Crippen LogP contribution in [0.2, 0.25) is 0 Å². The molecule has 6 nitrogen and oxygen atoms in total. The van der Waals surface area contributed by atoms with Gasteiger partial charge in [-0.25, -0.2) is 4.79 Å². The molecule has 2 N–H and O–H groups in total. The largest absolute Gasteiger partial charge is 0.480 e. The Morgan fingerprint density at radius 1 is 1.53 bits per heavy atom. The predicted molar refractivity (Wildman–Crippen MR) is 68.8 cm³/mol. The number of aliphatic carboxylic acids is 1. The normalized spacial score (nSPS) is 20.8. The summed E-state index contributed by atoms with van der Waals surface area (Å²) in [6, 6.07) is 0.549. The van der Waals surface area contributed by atoms with E-state index in [1.54, 1.807) is 0 Å². The first-order valence-corrected chi connectivity index (χ1v) is 6.72. The van der Waals surface area contributed by atoms with E-state index in [0.29, 0.717) is 17.9 Å². The van der Waals surface area contributed by atoms with Crippen molar-refractivity contribution in [3.63, 3.8) is 0 Å². The second-order valence-electron chi connectivity index (χ2n) is 4.41. The summed E-state index contributed by atoms with van der Waals surface area (Å²) in [5, 5.41) is 11.7. The van der Waals surface area contributed by atoms with Crippen LogP contribution in [0.3, 0.4) is 0 Å². The lowest BCUT2D eigenvalue weighted by Gasteiger charge is -2.27. The van der Waals surface area contributed by atoms with Crippen LogP contribution in [0.5, 0.6) is 0 Å². The van der Waals surface area contributed by atoms with Gasteiger partial charge in [-0.2, -0.15) is 0 Å². The lowest BCUT2D eigenvalue weighted by molar-refractivity contribution is -0.142. The van der Waals surface area contributed by atoms with Crippen molar-refractivity contribution in [1.29, 1.82) is 0 Å². The van der Waals surface area contributed by atoms with Gasteiger partial charge in [-0.3, -0.25) is 4.79 Å². The van der Waals surface area contributed by atoms with Gasteiger partial charge in [0, 0.05) is 18.6 Å². The summed E-state index contributed by atoms with van der Waals surface area (Å²) in [5.41, 5.74) is 0.287. The molecule has 0 aliphatic carbocycles. The minimum absolute atomic E-state index is 0.203. The number of carbonyl (C=O) groups excluding carboxylic acids is 1. The Morgan fingerprint density at radius 2 is 2.32 bits per heavy atom. The number of ether oxygens (including phenoxy) is 1. The summed E-state index contributed by atoms with van der Waals surface area (Å²) in [6.07, 6.45) is 2.81. The molecule has 0 spiro atoms. The molecule has 1 aliphatic rings. The first kappa shape index (κ1) is 14.1. The molecular weight excluding hydrogens is 318 g/mol. The second kappa shape index (κ2) is 6.21. The SMILES string of the molecule is O=C(NC(C(=O)O)C1CCCOC1)c1coc(Br)c1. The third kappa shape index (κ3) is 3.57. The third-order valence-corrected chi connectivity index (χ3v) is 3.47. The molecule has 0 saturated carbocycles. The fourth-order valence-electron chi connectivity index (χ4n) is 2.06. The molecule has 0 bridgehead atoms. The second-order valence-corrected chi connectivity index (χ2v) is 5.19. The summed E-state index contributed by atoms with van der Waals surface area (Å²) in [7, 11) is 0. The predicted octanol–water partition coefficient (Wildman–Crippen LogP) is 1.65. The Hall–Kier alpha value is -1.34. The zero-order valence-corrected chi connectivity index (χ0v) is 11.7. The first-order valence-electron chi connectivity index (χ1n) is 5.93. The van der Waals surface area contributed by atoms with Gasteiger partial charge in [-0.15, -0.1) is 0 Å². The first-order chi connectivity index (χ1) is 9.08. The minimum Gasteiger partial charge on any atom is -0.480 e. The molecule has 0 aromatic carbocycles. The molecule has 0 radical (unpaired) electrons. The van der Waals surface area contributed by atoms with Crippen molar-refractivity contribution in [2.24, 2.45) is 5.92 Å². The smallest absolute Gasteiger partial charge is 0.326 e. The van der Waals surface area contributed by atoms with Gasteiger partial charge in [0.1, 0.15) is 12.3 Å². The number of furan rings is 1. The van der Waals surface area contributed by atoms with E-state index < -0.39 is 17.9 Å². The van der Waals surface area contributed by atoms with Crippen LogP contribution in [0.25, 0.3) is 0 Å². The van der Waals surface area contributed by atoms with Crippen molar-refractivity contribution >= 4 is 27.8 Å². The average Bonchev–Trinajstić information content (AvgIpc) is 2.83. The number of nitrogens with one attached hydrogen (secondary N) is 1. The number of carboxylic acid groups (broad SMARTS) is 1. The Labute approximate surface area is 118 Å². The number of carboxylic acids is 1. The van der Waals surface area contributed by atoms with Gasteiger partial charge in [-0.05, 0) is 28.8 Å². The Kier molecular flexibility index (Phi) is 4.60. The number of hydrogen-bond donors (Lipinski definition) is 2. The summed E-state index contributed by atoms with van der Waals surface area (Å²) < 4.78 is 10.6. The van der Waals surface area contributed by atoms with Crippen molar-refractivity contribution in [3.05, 3.63) is 22.6 Å². The molecule has 1 aliphatic heterocycles. The van der Waals surface area contributed by atoms with Gasteiger partial charge in [0.15, 0.2) is 4.67 Å². The summed E-state index contributed by atoms with van der Waals surface area (Å²) in [5.74, 6) is -1.72. The highest BCUT2D eigenvalue weighted by molar-refractivity contribution is 9.10. The van der Waals surface area contributed by atoms with E-state index >= 15 is 0 Å². The van der Waals surface area contributed by atoms with Crippen molar-refractivity contribution in [3.8, 4) is 0 Å². The van der Waals surface area contributed by atoms with E-state index in [9.17, 15) is 14.7 Å². The van der Waals surface area contributed by atoms with E-state index in [2.05, 4.69) is 21.2 Å². The molecule has 2 heterocycles. The summed E-state index contributed by atoms with van der Waals surface area (Å²) in [6.45, 7) is 0.998. The fourth-order valence-corrected chi connectivity index (χ4v) is 2.40. The maximum Gasteiger partial charge on any atom is 0.326 e. The Bertz CT molecular complexity index is 466. The summed E-state index contributed by atoms with van der Waals surface area (Å²) in [4.78, 5) is 23.2. The van der Waals surface area contributed by atoms with E-state index in [1.807, 2.05) is 0 Å². The van der Waals surface area contributed by atoms with Crippen molar-refractivity contribution < 1.29 is 23.8 Å². The number of hydrogen-bond acceptors (Lipinski definition) is 4. The van der Waals surface area contributed by atoms with Crippen LogP contribution < -0.4 is 5.32 Å². The Morgan fingerprint density at radius 3 is 2.84 bits per heavy atom. The molecule has 1 aromatic heterocycles. The van der Waals surface area contributed by atoms with Gasteiger partial charge in [-0.1, -0.05) is 0 Å². The molecule has 1 saturated heterocycles. The van der Waals surface area contributed by atoms with Gasteiger partial charge >= 0.3 is 5.97 Å². The van der Waals surface area contributed by atoms with Crippen LogP contribution in [0.4, 0.5) is 0 Å². The highest BCUT2D eigenvalue weighted by Gasteiger charge is 2.31.